The molecule has 0 spiro atoms. The second kappa shape index (κ2) is 7.36. The van der Waals surface area contributed by atoms with Crippen molar-refractivity contribution in [2.75, 3.05) is 0 Å². The molecule has 1 aromatic heterocycles. The molecule has 1 aliphatic rings. The van der Waals surface area contributed by atoms with Gasteiger partial charge >= 0.3 is 0 Å². The van der Waals surface area contributed by atoms with E-state index in [4.69, 9.17) is 4.42 Å². The van der Waals surface area contributed by atoms with Crippen LogP contribution in [0.1, 0.15) is 11.1 Å². The number of carbonyl (C=O) groups is 2. The number of imide groups is 1. The number of benzene rings is 2. The number of thioether (sulfide) groups is 1. The molecule has 0 unspecified atom stereocenters. The van der Waals surface area contributed by atoms with Crippen molar-refractivity contribution in [3.05, 3.63) is 91.2 Å². The van der Waals surface area contributed by atoms with Crippen molar-refractivity contribution >= 4 is 45.6 Å². The molecule has 144 valence electrons. The Hall–Kier alpha value is -3.72. The second-order valence-electron chi connectivity index (χ2n) is 6.17. The third-order valence-electron chi connectivity index (χ3n) is 4.38. The zero-order valence-electron chi connectivity index (χ0n) is 14.7. The number of nitro groups is 1. The van der Waals surface area contributed by atoms with Crippen molar-refractivity contribution in [3.8, 4) is 0 Å². The average molecular weight is 408 g/mol. The molecule has 9 heteroatoms. The van der Waals surface area contributed by atoms with Gasteiger partial charge in [-0.1, -0.05) is 30.3 Å². The van der Waals surface area contributed by atoms with E-state index in [1.54, 1.807) is 30.3 Å². The van der Waals surface area contributed by atoms with E-state index in [2.05, 4.69) is 0 Å². The van der Waals surface area contributed by atoms with Gasteiger partial charge in [-0.2, -0.15) is 0 Å². The van der Waals surface area contributed by atoms with Gasteiger partial charge in [0.1, 0.15) is 11.8 Å². The maximum absolute atomic E-state index is 12.7. The van der Waals surface area contributed by atoms with Gasteiger partial charge in [0.05, 0.1) is 27.3 Å². The summed E-state index contributed by atoms with van der Waals surface area (Å²) in [4.78, 5) is 49.2. The number of carbonyl (C=O) groups excluding carboxylic acids is 2. The summed E-state index contributed by atoms with van der Waals surface area (Å²) in [7, 11) is 0. The van der Waals surface area contributed by atoms with Gasteiger partial charge in [-0.05, 0) is 30.0 Å². The van der Waals surface area contributed by atoms with Crippen LogP contribution in [0.4, 0.5) is 10.5 Å². The fraction of sp³-hybridized carbons (Fsp3) is 0.0500. The molecule has 0 bridgehead atoms. The molecule has 0 aliphatic carbocycles. The number of fused-ring (bicyclic) bond motifs is 1. The summed E-state index contributed by atoms with van der Waals surface area (Å²) in [6.45, 7) is -0.231. The second-order valence-corrected chi connectivity index (χ2v) is 7.16. The molecule has 1 fully saturated rings. The molecule has 29 heavy (non-hydrogen) atoms. The van der Waals surface area contributed by atoms with E-state index in [0.717, 1.165) is 4.90 Å². The van der Waals surface area contributed by atoms with Crippen LogP contribution in [-0.4, -0.2) is 21.0 Å². The summed E-state index contributed by atoms with van der Waals surface area (Å²) >= 11 is 0.672. The molecule has 2 aromatic carbocycles. The molecular formula is C20H12N2O6S. The first-order valence-corrected chi connectivity index (χ1v) is 9.25. The molecule has 0 radical (unpaired) electrons. The smallest absolute Gasteiger partial charge is 0.293 e. The Morgan fingerprint density at radius 3 is 2.59 bits per heavy atom. The quantitative estimate of drug-likeness (QED) is 0.365. The van der Waals surface area contributed by atoms with Gasteiger partial charge in [0.25, 0.3) is 16.8 Å². The molecule has 2 amide bonds. The van der Waals surface area contributed by atoms with Gasteiger partial charge in [-0.15, -0.1) is 0 Å². The Balaban J connectivity index is 1.66. The lowest BCUT2D eigenvalue weighted by molar-refractivity contribution is -0.385. The maximum atomic E-state index is 12.7. The van der Waals surface area contributed by atoms with Gasteiger partial charge in [0.15, 0.2) is 5.43 Å². The minimum absolute atomic E-state index is 0.0520. The Kier molecular flexibility index (Phi) is 4.73. The molecule has 1 aliphatic heterocycles. The minimum Gasteiger partial charge on any atom is -0.463 e. The van der Waals surface area contributed by atoms with Crippen LogP contribution in [0.2, 0.25) is 0 Å². The summed E-state index contributed by atoms with van der Waals surface area (Å²) in [5.74, 6) is -0.620. The predicted octanol–water partition coefficient (Wildman–Crippen LogP) is 3.94. The monoisotopic (exact) mass is 408 g/mol. The first-order chi connectivity index (χ1) is 14.0. The molecule has 0 atom stereocenters. The highest BCUT2D eigenvalue weighted by molar-refractivity contribution is 8.18. The summed E-state index contributed by atoms with van der Waals surface area (Å²) in [5.41, 5.74) is 0.299. The number of hydrogen-bond donors (Lipinski definition) is 0. The first-order valence-electron chi connectivity index (χ1n) is 8.44. The van der Waals surface area contributed by atoms with Gasteiger partial charge < -0.3 is 4.42 Å². The molecule has 4 rings (SSSR count). The number of nitro benzene ring substituents is 1. The Labute approximate surface area is 167 Å². The van der Waals surface area contributed by atoms with Crippen LogP contribution in [0.15, 0.2) is 68.9 Å². The highest BCUT2D eigenvalue weighted by atomic mass is 32.2. The van der Waals surface area contributed by atoms with Gasteiger partial charge in [-0.3, -0.25) is 29.4 Å². The van der Waals surface area contributed by atoms with Gasteiger partial charge in [-0.25, -0.2) is 0 Å². The highest BCUT2D eigenvalue weighted by Gasteiger charge is 2.36. The van der Waals surface area contributed by atoms with Crippen LogP contribution < -0.4 is 5.43 Å². The van der Waals surface area contributed by atoms with E-state index in [0.29, 0.717) is 22.7 Å². The highest BCUT2D eigenvalue weighted by Crippen LogP contribution is 2.34. The third kappa shape index (κ3) is 3.43. The Morgan fingerprint density at radius 2 is 1.79 bits per heavy atom. The minimum atomic E-state index is -0.620. The Morgan fingerprint density at radius 1 is 1.07 bits per heavy atom. The normalized spacial score (nSPS) is 15.4. The van der Waals surface area contributed by atoms with E-state index in [-0.39, 0.29) is 33.7 Å². The van der Waals surface area contributed by atoms with Gasteiger partial charge in [0.2, 0.25) is 0 Å². The van der Waals surface area contributed by atoms with Crippen molar-refractivity contribution in [2.45, 2.75) is 6.54 Å². The van der Waals surface area contributed by atoms with E-state index in [9.17, 15) is 24.5 Å². The van der Waals surface area contributed by atoms with E-state index < -0.39 is 16.1 Å². The molecule has 8 nitrogen and oxygen atoms in total. The first kappa shape index (κ1) is 18.6. The van der Waals surface area contributed by atoms with Crippen molar-refractivity contribution in [1.82, 2.24) is 4.90 Å². The SMILES string of the molecule is O=C1S/C(=C\c2coc3ccccc3c2=O)C(=O)N1Cc1ccccc1[N+](=O)[O-]. The summed E-state index contributed by atoms with van der Waals surface area (Å²) in [6, 6.07) is 12.6. The van der Waals surface area contributed by atoms with Crippen molar-refractivity contribution < 1.29 is 18.9 Å². The number of hydrogen-bond acceptors (Lipinski definition) is 7. The van der Waals surface area contributed by atoms with E-state index >= 15 is 0 Å². The number of para-hydroxylation sites is 2. The summed E-state index contributed by atoms with van der Waals surface area (Å²) < 4.78 is 5.42. The lowest BCUT2D eigenvalue weighted by Gasteiger charge is -2.12. The average Bonchev–Trinajstić information content (AvgIpc) is 2.98. The molecule has 2 heterocycles. The van der Waals surface area contributed by atoms with Crippen LogP contribution in [0, 0.1) is 10.1 Å². The lowest BCUT2D eigenvalue weighted by atomic mass is 10.1. The van der Waals surface area contributed by atoms with Crippen LogP contribution in [0.5, 0.6) is 0 Å². The largest absolute Gasteiger partial charge is 0.463 e. The van der Waals surface area contributed by atoms with Crippen molar-refractivity contribution in [2.24, 2.45) is 0 Å². The molecule has 1 saturated heterocycles. The zero-order chi connectivity index (χ0) is 20.5. The van der Waals surface area contributed by atoms with E-state index in [1.807, 2.05) is 0 Å². The third-order valence-corrected chi connectivity index (χ3v) is 5.29. The van der Waals surface area contributed by atoms with Crippen LogP contribution in [0.25, 0.3) is 17.0 Å². The Bertz CT molecular complexity index is 1260. The van der Waals surface area contributed by atoms with Crippen LogP contribution in [0.3, 0.4) is 0 Å². The number of rotatable bonds is 4. The topological polar surface area (TPSA) is 111 Å². The van der Waals surface area contributed by atoms with Gasteiger partial charge in [0, 0.05) is 11.6 Å². The molecule has 0 saturated carbocycles. The molecule has 0 N–H and O–H groups in total. The fourth-order valence-corrected chi connectivity index (χ4v) is 3.79. The predicted molar refractivity (Wildman–Crippen MR) is 107 cm³/mol. The lowest BCUT2D eigenvalue weighted by Crippen LogP contribution is -2.27. The van der Waals surface area contributed by atoms with Crippen LogP contribution in [-0.2, 0) is 11.3 Å². The standard InChI is InChI=1S/C20H12N2O6S/c23-18-13(11-28-16-8-4-2-6-14(16)18)9-17-19(24)21(20(25)29-17)10-12-5-1-3-7-15(12)22(26)27/h1-9,11H,10H2/b17-9-. The summed E-state index contributed by atoms with van der Waals surface area (Å²) in [6.07, 6.45) is 2.54. The van der Waals surface area contributed by atoms with E-state index in [1.165, 1.54) is 30.5 Å². The number of nitrogens with zero attached hydrogens (tertiary/aromatic N) is 2. The summed E-state index contributed by atoms with van der Waals surface area (Å²) in [5, 5.41) is 11.0. The molecule has 3 aromatic rings. The van der Waals surface area contributed by atoms with Crippen LogP contribution >= 0.6 is 11.8 Å². The van der Waals surface area contributed by atoms with Crippen molar-refractivity contribution in [3.63, 3.8) is 0 Å². The maximum Gasteiger partial charge on any atom is 0.293 e. The zero-order valence-corrected chi connectivity index (χ0v) is 15.5. The molecular weight excluding hydrogens is 396 g/mol. The fourth-order valence-electron chi connectivity index (χ4n) is 2.96. The number of amides is 2. The van der Waals surface area contributed by atoms with Crippen molar-refractivity contribution in [1.29, 1.82) is 0 Å².